The first kappa shape index (κ1) is 27.3. The van der Waals surface area contributed by atoms with Crippen LogP contribution >= 0.6 is 0 Å². The van der Waals surface area contributed by atoms with Crippen LogP contribution in [-0.4, -0.2) is 72.6 Å². The fourth-order valence-corrected chi connectivity index (χ4v) is 3.30. The molecule has 32 heavy (non-hydrogen) atoms. The Morgan fingerprint density at radius 2 is 1.72 bits per heavy atom. The molecular weight excluding hydrogens is 420 g/mol. The van der Waals surface area contributed by atoms with Crippen molar-refractivity contribution in [3.05, 3.63) is 0 Å². The van der Waals surface area contributed by atoms with Gasteiger partial charge in [-0.3, -0.25) is 19.2 Å². The second-order valence-electron chi connectivity index (χ2n) is 8.49. The molecule has 0 unspecified atom stereocenters. The molecule has 0 aromatic heterocycles. The third-order valence-electron chi connectivity index (χ3n) is 5.43. The third-order valence-corrected chi connectivity index (χ3v) is 5.43. The fraction of sp³-hybridized carbons (Fsp3) is 0.762. The molecular formula is C21H36N4O7. The lowest BCUT2D eigenvalue weighted by Gasteiger charge is -2.27. The molecule has 5 N–H and O–H groups in total. The van der Waals surface area contributed by atoms with Crippen LogP contribution in [0.15, 0.2) is 0 Å². The minimum Gasteiger partial charge on any atom is -0.467 e. The first-order chi connectivity index (χ1) is 15.0. The Labute approximate surface area is 188 Å². The molecule has 4 amide bonds. The van der Waals surface area contributed by atoms with Crippen LogP contribution in [0.5, 0.6) is 0 Å². The molecule has 182 valence electrons. The predicted octanol–water partition coefficient (Wildman–Crippen LogP) is -1.02. The monoisotopic (exact) mass is 456 g/mol. The number of carbonyl (C=O) groups excluding carboxylic acids is 5. The molecule has 0 spiro atoms. The predicted molar refractivity (Wildman–Crippen MR) is 115 cm³/mol. The lowest BCUT2D eigenvalue weighted by molar-refractivity contribution is -0.147. The number of hydrogen-bond donors (Lipinski definition) is 5. The van der Waals surface area contributed by atoms with Crippen molar-refractivity contribution in [1.82, 2.24) is 21.3 Å². The molecule has 1 heterocycles. The van der Waals surface area contributed by atoms with E-state index in [0.717, 1.165) is 0 Å². The van der Waals surface area contributed by atoms with Crippen molar-refractivity contribution in [1.29, 1.82) is 0 Å². The van der Waals surface area contributed by atoms with Crippen molar-refractivity contribution in [2.45, 2.75) is 77.5 Å². The first-order valence-electron chi connectivity index (χ1n) is 10.9. The number of esters is 1. The molecule has 1 fully saturated rings. The molecule has 0 aliphatic carbocycles. The Bertz CT molecular complexity index is 698. The van der Waals surface area contributed by atoms with Gasteiger partial charge in [-0.25, -0.2) is 4.79 Å². The van der Waals surface area contributed by atoms with E-state index in [-0.39, 0.29) is 30.6 Å². The van der Waals surface area contributed by atoms with Crippen LogP contribution in [0.25, 0.3) is 0 Å². The van der Waals surface area contributed by atoms with Gasteiger partial charge in [0, 0.05) is 6.42 Å². The summed E-state index contributed by atoms with van der Waals surface area (Å²) in [5, 5.41) is 19.7. The molecule has 11 heteroatoms. The van der Waals surface area contributed by atoms with E-state index >= 15 is 0 Å². The smallest absolute Gasteiger partial charge is 0.328 e. The van der Waals surface area contributed by atoms with Crippen LogP contribution < -0.4 is 21.3 Å². The standard InChI is InChI=1S/C21H36N4O7/c1-6-12(4)17(21(31)32-5)25-19(29)14(9-11(2)3)23-20(30)15(10-26)24-18(28)13-7-8-16(27)22-13/h11-15,17,26H,6-10H2,1-5H3,(H,22,27)(H,23,30)(H,24,28)(H,25,29)/t12-,13-,14-,15-,17-/m0/s1. The number of aliphatic hydroxyl groups is 1. The van der Waals surface area contributed by atoms with E-state index in [1.165, 1.54) is 7.11 Å². The maximum Gasteiger partial charge on any atom is 0.328 e. The normalized spacial score (nSPS) is 19.3. The van der Waals surface area contributed by atoms with Gasteiger partial charge >= 0.3 is 5.97 Å². The molecule has 5 atom stereocenters. The highest BCUT2D eigenvalue weighted by atomic mass is 16.5. The zero-order chi connectivity index (χ0) is 24.4. The Balaban J connectivity index is 2.87. The van der Waals surface area contributed by atoms with Crippen molar-refractivity contribution in [2.75, 3.05) is 13.7 Å². The van der Waals surface area contributed by atoms with Crippen LogP contribution in [-0.2, 0) is 28.7 Å². The summed E-state index contributed by atoms with van der Waals surface area (Å²) in [7, 11) is 1.23. The quantitative estimate of drug-likeness (QED) is 0.235. The van der Waals surface area contributed by atoms with Gasteiger partial charge in [0.05, 0.1) is 13.7 Å². The Kier molecular flexibility index (Phi) is 11.1. The van der Waals surface area contributed by atoms with Crippen molar-refractivity contribution >= 4 is 29.6 Å². The van der Waals surface area contributed by atoms with E-state index < -0.39 is 54.5 Å². The van der Waals surface area contributed by atoms with E-state index in [0.29, 0.717) is 12.8 Å². The maximum absolute atomic E-state index is 12.9. The molecule has 1 aliphatic rings. The second-order valence-corrected chi connectivity index (χ2v) is 8.49. The van der Waals surface area contributed by atoms with Gasteiger partial charge in [0.2, 0.25) is 23.6 Å². The SMILES string of the molecule is CC[C@H](C)[C@H](NC(=O)[C@H](CC(C)C)NC(=O)[C@H](CO)NC(=O)[C@@H]1CCC(=O)N1)C(=O)OC. The van der Waals surface area contributed by atoms with E-state index in [1.807, 2.05) is 20.8 Å². The lowest BCUT2D eigenvalue weighted by Crippen LogP contribution is -2.58. The molecule has 0 bridgehead atoms. The van der Waals surface area contributed by atoms with Crippen molar-refractivity contribution in [2.24, 2.45) is 11.8 Å². The fourth-order valence-electron chi connectivity index (χ4n) is 3.30. The molecule has 0 radical (unpaired) electrons. The summed E-state index contributed by atoms with van der Waals surface area (Å²) in [5.74, 6) is -2.89. The van der Waals surface area contributed by atoms with E-state index in [1.54, 1.807) is 6.92 Å². The van der Waals surface area contributed by atoms with Gasteiger partial charge in [-0.15, -0.1) is 0 Å². The number of nitrogens with one attached hydrogen (secondary N) is 4. The highest BCUT2D eigenvalue weighted by Gasteiger charge is 2.34. The summed E-state index contributed by atoms with van der Waals surface area (Å²) < 4.78 is 4.78. The van der Waals surface area contributed by atoms with Gasteiger partial charge in [-0.05, 0) is 24.7 Å². The molecule has 0 aromatic carbocycles. The summed E-state index contributed by atoms with van der Waals surface area (Å²) >= 11 is 0. The number of carbonyl (C=O) groups is 5. The van der Waals surface area contributed by atoms with Crippen LogP contribution in [0.4, 0.5) is 0 Å². The Morgan fingerprint density at radius 3 is 2.19 bits per heavy atom. The average molecular weight is 457 g/mol. The molecule has 11 nitrogen and oxygen atoms in total. The number of rotatable bonds is 12. The van der Waals surface area contributed by atoms with Crippen LogP contribution in [0.3, 0.4) is 0 Å². The van der Waals surface area contributed by atoms with Gasteiger partial charge in [-0.2, -0.15) is 0 Å². The molecule has 1 rings (SSSR count). The number of hydrogen-bond acceptors (Lipinski definition) is 7. The number of ether oxygens (including phenoxy) is 1. The zero-order valence-corrected chi connectivity index (χ0v) is 19.4. The van der Waals surface area contributed by atoms with Crippen molar-refractivity contribution < 1.29 is 33.8 Å². The second kappa shape index (κ2) is 13.0. The summed E-state index contributed by atoms with van der Waals surface area (Å²) in [6.45, 7) is 6.73. The molecule has 1 saturated heterocycles. The summed E-state index contributed by atoms with van der Waals surface area (Å²) in [6.07, 6.45) is 1.41. The summed E-state index contributed by atoms with van der Waals surface area (Å²) in [6, 6.07) is -3.93. The largest absolute Gasteiger partial charge is 0.467 e. The van der Waals surface area contributed by atoms with Crippen molar-refractivity contribution in [3.63, 3.8) is 0 Å². The topological polar surface area (TPSA) is 163 Å². The number of aliphatic hydroxyl groups excluding tert-OH is 1. The molecule has 1 aliphatic heterocycles. The van der Waals surface area contributed by atoms with Gasteiger partial charge in [-0.1, -0.05) is 34.1 Å². The van der Waals surface area contributed by atoms with E-state index in [9.17, 15) is 29.1 Å². The molecule has 0 saturated carbocycles. The maximum atomic E-state index is 12.9. The van der Waals surface area contributed by atoms with Crippen molar-refractivity contribution in [3.8, 4) is 0 Å². The zero-order valence-electron chi connectivity index (χ0n) is 19.4. The van der Waals surface area contributed by atoms with Crippen LogP contribution in [0, 0.1) is 11.8 Å². The van der Waals surface area contributed by atoms with Gasteiger partial charge < -0.3 is 31.1 Å². The average Bonchev–Trinajstić information content (AvgIpc) is 3.19. The van der Waals surface area contributed by atoms with Crippen LogP contribution in [0.2, 0.25) is 0 Å². The summed E-state index contributed by atoms with van der Waals surface area (Å²) in [5.41, 5.74) is 0. The number of amides is 4. The highest BCUT2D eigenvalue weighted by Crippen LogP contribution is 2.12. The first-order valence-corrected chi connectivity index (χ1v) is 10.9. The Hall–Kier alpha value is -2.69. The van der Waals surface area contributed by atoms with E-state index in [2.05, 4.69) is 21.3 Å². The van der Waals surface area contributed by atoms with Crippen LogP contribution in [0.1, 0.15) is 53.4 Å². The van der Waals surface area contributed by atoms with Gasteiger partial charge in [0.15, 0.2) is 0 Å². The highest BCUT2D eigenvalue weighted by molar-refractivity contribution is 5.96. The minimum atomic E-state index is -1.30. The molecule has 0 aromatic rings. The van der Waals surface area contributed by atoms with Gasteiger partial charge in [0.25, 0.3) is 0 Å². The summed E-state index contributed by atoms with van der Waals surface area (Å²) in [4.78, 5) is 61.3. The van der Waals surface area contributed by atoms with E-state index in [4.69, 9.17) is 4.74 Å². The van der Waals surface area contributed by atoms with Gasteiger partial charge in [0.1, 0.15) is 24.2 Å². The number of methoxy groups -OCH3 is 1. The minimum absolute atomic E-state index is 0.0297. The third kappa shape index (κ3) is 8.10. The lowest BCUT2D eigenvalue weighted by atomic mass is 9.97. The Morgan fingerprint density at radius 1 is 1.09 bits per heavy atom.